The van der Waals surface area contributed by atoms with Crippen LogP contribution in [0.4, 0.5) is 5.69 Å². The summed E-state index contributed by atoms with van der Waals surface area (Å²) in [5.41, 5.74) is 2.58. The smallest absolute Gasteiger partial charge is 0.258 e. The van der Waals surface area contributed by atoms with Crippen LogP contribution in [0.3, 0.4) is 0 Å². The summed E-state index contributed by atoms with van der Waals surface area (Å²) in [5, 5.41) is 9.13. The van der Waals surface area contributed by atoms with Gasteiger partial charge in [-0.2, -0.15) is 10.2 Å². The van der Waals surface area contributed by atoms with Crippen molar-refractivity contribution in [2.75, 3.05) is 53.1 Å². The minimum Gasteiger partial charge on any atom is -0.493 e. The number of carbonyl (C=O) groups excluding carboxylic acids is 1. The van der Waals surface area contributed by atoms with Crippen molar-refractivity contribution < 1.29 is 23.7 Å². The van der Waals surface area contributed by atoms with Gasteiger partial charge in [0.25, 0.3) is 5.91 Å². The van der Waals surface area contributed by atoms with Crippen LogP contribution in [0.25, 0.3) is 10.9 Å². The molecule has 0 bridgehead atoms. The molecule has 168 valence electrons. The molecule has 0 N–H and O–H groups in total. The highest BCUT2D eigenvalue weighted by Gasteiger charge is 2.25. The van der Waals surface area contributed by atoms with Crippen molar-refractivity contribution in [2.24, 2.45) is 0 Å². The Hall–Kier alpha value is -3.59. The first-order chi connectivity index (χ1) is 15.4. The number of hydrogen-bond donors (Lipinski definition) is 0. The van der Waals surface area contributed by atoms with Crippen molar-refractivity contribution in [3.05, 3.63) is 41.6 Å². The fourth-order valence-electron chi connectivity index (χ4n) is 3.64. The van der Waals surface area contributed by atoms with Gasteiger partial charge in [0.1, 0.15) is 0 Å². The predicted molar refractivity (Wildman–Crippen MR) is 120 cm³/mol. The second-order valence-corrected chi connectivity index (χ2v) is 7.73. The second kappa shape index (κ2) is 8.88. The highest BCUT2D eigenvalue weighted by Crippen LogP contribution is 2.39. The van der Waals surface area contributed by atoms with E-state index in [2.05, 4.69) is 10.2 Å². The van der Waals surface area contributed by atoms with Crippen molar-refractivity contribution in [3.8, 4) is 23.0 Å². The molecule has 9 nitrogen and oxygen atoms in total. The van der Waals surface area contributed by atoms with Crippen LogP contribution >= 0.6 is 0 Å². The fourth-order valence-corrected chi connectivity index (χ4v) is 3.64. The van der Waals surface area contributed by atoms with E-state index in [1.165, 1.54) is 0 Å². The number of amides is 1. The summed E-state index contributed by atoms with van der Waals surface area (Å²) < 4.78 is 21.8. The van der Waals surface area contributed by atoms with Gasteiger partial charge < -0.3 is 28.7 Å². The fraction of sp³-hybridized carbons (Fsp3) is 0.348. The Kier molecular flexibility index (Phi) is 6.00. The van der Waals surface area contributed by atoms with Crippen LogP contribution in [-0.2, 0) is 0 Å². The SMILES string of the molecule is COc1cc(C)c(C(=O)N(CCN(C)C)c2cnnc3cc4c(cc23)OCO4)cc1OC. The number of aryl methyl sites for hydroxylation is 1. The lowest BCUT2D eigenvalue weighted by Gasteiger charge is -2.26. The molecule has 0 fully saturated rings. The molecule has 0 saturated carbocycles. The van der Waals surface area contributed by atoms with Crippen LogP contribution in [-0.4, -0.2) is 69.2 Å². The predicted octanol–water partition coefficient (Wildman–Crippen LogP) is 2.89. The van der Waals surface area contributed by atoms with E-state index in [1.54, 1.807) is 43.5 Å². The average Bonchev–Trinajstić information content (AvgIpc) is 3.24. The summed E-state index contributed by atoms with van der Waals surface area (Å²) in [6.45, 7) is 3.14. The van der Waals surface area contributed by atoms with E-state index in [0.29, 0.717) is 52.9 Å². The van der Waals surface area contributed by atoms with Crippen molar-refractivity contribution in [2.45, 2.75) is 6.92 Å². The minimum absolute atomic E-state index is 0.155. The number of methoxy groups -OCH3 is 2. The monoisotopic (exact) mass is 438 g/mol. The molecule has 1 aliphatic heterocycles. The van der Waals surface area contributed by atoms with Crippen molar-refractivity contribution in [3.63, 3.8) is 0 Å². The second-order valence-electron chi connectivity index (χ2n) is 7.73. The number of anilines is 1. The van der Waals surface area contributed by atoms with Crippen molar-refractivity contribution in [1.82, 2.24) is 15.1 Å². The van der Waals surface area contributed by atoms with Crippen LogP contribution in [0.2, 0.25) is 0 Å². The number of nitrogens with zero attached hydrogens (tertiary/aromatic N) is 4. The van der Waals surface area contributed by atoms with Gasteiger partial charge in [-0.15, -0.1) is 0 Å². The molecule has 9 heteroatoms. The molecule has 1 amide bonds. The Balaban J connectivity index is 1.83. The number of ether oxygens (including phenoxy) is 4. The third-order valence-corrected chi connectivity index (χ3v) is 5.38. The molecule has 2 aromatic carbocycles. The van der Waals surface area contributed by atoms with Gasteiger partial charge in [-0.3, -0.25) is 4.79 Å². The zero-order chi connectivity index (χ0) is 22.8. The van der Waals surface area contributed by atoms with Gasteiger partial charge in [0.15, 0.2) is 23.0 Å². The van der Waals surface area contributed by atoms with E-state index in [1.807, 2.05) is 32.0 Å². The van der Waals surface area contributed by atoms with Gasteiger partial charge in [0, 0.05) is 30.1 Å². The summed E-state index contributed by atoms with van der Waals surface area (Å²) in [6, 6.07) is 7.14. The van der Waals surface area contributed by atoms with Crippen LogP contribution < -0.4 is 23.8 Å². The molecule has 1 aromatic heterocycles. The summed E-state index contributed by atoms with van der Waals surface area (Å²) in [7, 11) is 7.05. The van der Waals surface area contributed by atoms with Gasteiger partial charge in [-0.05, 0) is 44.8 Å². The quantitative estimate of drug-likeness (QED) is 0.557. The number of benzene rings is 2. The average molecular weight is 438 g/mol. The topological polar surface area (TPSA) is 86.3 Å². The lowest BCUT2D eigenvalue weighted by molar-refractivity contribution is 0.0984. The van der Waals surface area contributed by atoms with E-state index in [0.717, 1.165) is 10.9 Å². The Bertz CT molecular complexity index is 1160. The molecule has 2 heterocycles. The molecule has 0 unspecified atom stereocenters. The van der Waals surface area contributed by atoms with Gasteiger partial charge >= 0.3 is 0 Å². The third-order valence-electron chi connectivity index (χ3n) is 5.38. The Labute approximate surface area is 186 Å². The van der Waals surface area contributed by atoms with Crippen LogP contribution in [0.5, 0.6) is 23.0 Å². The lowest BCUT2D eigenvalue weighted by Crippen LogP contribution is -2.37. The Morgan fingerprint density at radius 2 is 1.72 bits per heavy atom. The van der Waals surface area contributed by atoms with Gasteiger partial charge in [-0.1, -0.05) is 0 Å². The van der Waals surface area contributed by atoms with E-state index >= 15 is 0 Å². The number of hydrogen-bond acceptors (Lipinski definition) is 8. The number of fused-ring (bicyclic) bond motifs is 2. The maximum absolute atomic E-state index is 13.8. The number of likely N-dealkylation sites (N-methyl/N-ethyl adjacent to an activating group) is 1. The van der Waals surface area contributed by atoms with Gasteiger partial charge in [-0.25, -0.2) is 0 Å². The Morgan fingerprint density at radius 1 is 1.03 bits per heavy atom. The van der Waals surface area contributed by atoms with Crippen LogP contribution in [0.1, 0.15) is 15.9 Å². The zero-order valence-corrected chi connectivity index (χ0v) is 18.8. The molecular formula is C23H26N4O5. The van der Waals surface area contributed by atoms with Gasteiger partial charge in [0.05, 0.1) is 31.6 Å². The van der Waals surface area contributed by atoms with Crippen molar-refractivity contribution in [1.29, 1.82) is 0 Å². The molecule has 1 aliphatic rings. The summed E-state index contributed by atoms with van der Waals surface area (Å²) in [6.07, 6.45) is 1.61. The minimum atomic E-state index is -0.169. The lowest BCUT2D eigenvalue weighted by atomic mass is 10.0. The molecule has 0 radical (unpaired) electrons. The largest absolute Gasteiger partial charge is 0.493 e. The summed E-state index contributed by atoms with van der Waals surface area (Å²) in [4.78, 5) is 17.6. The maximum Gasteiger partial charge on any atom is 0.258 e. The number of rotatable bonds is 7. The molecule has 4 rings (SSSR count). The Morgan fingerprint density at radius 3 is 2.41 bits per heavy atom. The molecule has 0 saturated heterocycles. The number of aromatic nitrogens is 2. The first-order valence-corrected chi connectivity index (χ1v) is 10.2. The molecule has 3 aromatic rings. The standard InChI is InChI=1S/C23H26N4O5/c1-14-8-19(29-4)20(30-5)9-15(14)23(28)27(7-6-26(2)3)18-12-24-25-17-11-22-21(10-16(17)18)31-13-32-22/h8-12H,6-7,13H2,1-5H3. The maximum atomic E-state index is 13.8. The third kappa shape index (κ3) is 3.99. The highest BCUT2D eigenvalue weighted by molar-refractivity contribution is 6.11. The normalized spacial score (nSPS) is 12.3. The summed E-state index contributed by atoms with van der Waals surface area (Å²) >= 11 is 0. The van der Waals surface area contributed by atoms with E-state index in [-0.39, 0.29) is 12.7 Å². The van der Waals surface area contributed by atoms with E-state index in [4.69, 9.17) is 18.9 Å². The zero-order valence-electron chi connectivity index (χ0n) is 18.8. The van der Waals surface area contributed by atoms with Crippen LogP contribution in [0, 0.1) is 6.92 Å². The summed E-state index contributed by atoms with van der Waals surface area (Å²) in [5.74, 6) is 2.14. The van der Waals surface area contributed by atoms with Gasteiger partial charge in [0.2, 0.25) is 6.79 Å². The van der Waals surface area contributed by atoms with Crippen molar-refractivity contribution >= 4 is 22.5 Å². The molecule has 0 spiro atoms. The molecular weight excluding hydrogens is 412 g/mol. The highest BCUT2D eigenvalue weighted by atomic mass is 16.7. The number of carbonyl (C=O) groups is 1. The molecule has 0 atom stereocenters. The molecule has 0 aliphatic carbocycles. The molecule has 32 heavy (non-hydrogen) atoms. The van der Waals surface area contributed by atoms with Crippen LogP contribution in [0.15, 0.2) is 30.5 Å². The van der Waals surface area contributed by atoms with E-state index in [9.17, 15) is 4.79 Å². The first-order valence-electron chi connectivity index (χ1n) is 10.2. The van der Waals surface area contributed by atoms with E-state index < -0.39 is 0 Å². The first kappa shape index (κ1) is 21.6.